The van der Waals surface area contributed by atoms with Crippen molar-refractivity contribution in [2.75, 3.05) is 0 Å². The van der Waals surface area contributed by atoms with E-state index in [4.69, 9.17) is 11.6 Å². The third kappa shape index (κ3) is 1.22. The van der Waals surface area contributed by atoms with Crippen molar-refractivity contribution in [3.63, 3.8) is 0 Å². The monoisotopic (exact) mass is 211 g/mol. The van der Waals surface area contributed by atoms with Gasteiger partial charge in [-0.25, -0.2) is 0 Å². The Kier molecular flexibility index (Phi) is 1.89. The topological polar surface area (TPSA) is 60.4 Å². The normalized spacial score (nSPS) is 10.7. The predicted octanol–water partition coefficient (Wildman–Crippen LogP) is 2.20. The number of aromatic nitrogens is 2. The summed E-state index contributed by atoms with van der Waals surface area (Å²) in [5.41, 5.74) is 1.47. The van der Waals surface area contributed by atoms with Gasteiger partial charge in [0.25, 0.3) is 0 Å². The summed E-state index contributed by atoms with van der Waals surface area (Å²) < 4.78 is 1.36. The minimum atomic E-state index is -0.544. The highest BCUT2D eigenvalue weighted by Gasteiger charge is 2.20. The van der Waals surface area contributed by atoms with Crippen LogP contribution in [-0.2, 0) is 0 Å². The molecule has 0 fully saturated rings. The zero-order valence-corrected chi connectivity index (χ0v) is 8.02. The summed E-state index contributed by atoms with van der Waals surface area (Å²) in [6, 6.07) is 3.50. The molecule has 2 aromatic heterocycles. The number of aryl methyl sites for hydroxylation is 1. The SMILES string of the molecule is Cc1ccn2c([N+](=O)[O-])c(Cl)nc2c1. The van der Waals surface area contributed by atoms with Crippen LogP contribution in [0.15, 0.2) is 18.3 Å². The Morgan fingerprint density at radius 2 is 2.36 bits per heavy atom. The quantitative estimate of drug-likeness (QED) is 0.537. The zero-order chi connectivity index (χ0) is 10.3. The summed E-state index contributed by atoms with van der Waals surface area (Å²) in [7, 11) is 0. The molecule has 0 aliphatic rings. The van der Waals surface area contributed by atoms with Crippen molar-refractivity contribution in [2.45, 2.75) is 6.92 Å². The third-order valence-electron chi connectivity index (χ3n) is 1.89. The number of nitrogens with zero attached hydrogens (tertiary/aromatic N) is 3. The lowest BCUT2D eigenvalue weighted by Crippen LogP contribution is -1.94. The number of halogens is 1. The minimum absolute atomic E-state index is 0.0828. The third-order valence-corrected chi connectivity index (χ3v) is 2.14. The first-order valence-electron chi connectivity index (χ1n) is 3.88. The molecule has 0 radical (unpaired) electrons. The van der Waals surface area contributed by atoms with Gasteiger partial charge in [-0.2, -0.15) is 9.38 Å². The van der Waals surface area contributed by atoms with E-state index in [9.17, 15) is 10.1 Å². The van der Waals surface area contributed by atoms with Gasteiger partial charge in [0.15, 0.2) is 0 Å². The van der Waals surface area contributed by atoms with Crippen LogP contribution in [0.5, 0.6) is 0 Å². The highest BCUT2D eigenvalue weighted by Crippen LogP contribution is 2.25. The first-order chi connectivity index (χ1) is 6.59. The molecule has 72 valence electrons. The Hall–Kier alpha value is -1.62. The molecule has 2 aromatic rings. The maximum atomic E-state index is 10.6. The summed E-state index contributed by atoms with van der Waals surface area (Å²) in [4.78, 5) is 14.0. The van der Waals surface area contributed by atoms with Gasteiger partial charge in [-0.3, -0.25) is 0 Å². The number of nitro groups is 1. The van der Waals surface area contributed by atoms with Crippen LogP contribution in [0, 0.1) is 17.0 Å². The van der Waals surface area contributed by atoms with Crippen molar-refractivity contribution in [2.24, 2.45) is 0 Å². The largest absolute Gasteiger partial charge is 0.367 e. The van der Waals surface area contributed by atoms with Crippen LogP contribution in [0.1, 0.15) is 5.56 Å². The van der Waals surface area contributed by atoms with E-state index in [1.54, 1.807) is 18.3 Å². The summed E-state index contributed by atoms with van der Waals surface area (Å²) in [5.74, 6) is -0.193. The molecular formula is C8H6ClN3O2. The summed E-state index contributed by atoms with van der Waals surface area (Å²) in [5, 5.41) is 10.6. The molecule has 0 N–H and O–H groups in total. The molecule has 6 heteroatoms. The smallest absolute Gasteiger partial charge is 0.358 e. The van der Waals surface area contributed by atoms with E-state index in [2.05, 4.69) is 4.98 Å². The molecule has 0 atom stereocenters. The van der Waals surface area contributed by atoms with E-state index in [0.717, 1.165) is 5.56 Å². The van der Waals surface area contributed by atoms with Crippen molar-refractivity contribution >= 4 is 23.1 Å². The average molecular weight is 212 g/mol. The van der Waals surface area contributed by atoms with Crippen LogP contribution in [0.3, 0.4) is 0 Å². The second-order valence-corrected chi connectivity index (χ2v) is 3.27. The molecule has 0 aliphatic carbocycles. The maximum absolute atomic E-state index is 10.6. The van der Waals surface area contributed by atoms with E-state index in [0.29, 0.717) is 5.65 Å². The summed E-state index contributed by atoms with van der Waals surface area (Å²) in [6.45, 7) is 1.88. The van der Waals surface area contributed by atoms with E-state index >= 15 is 0 Å². The standard InChI is InChI=1S/C8H6ClN3O2/c1-5-2-3-11-6(4-5)10-7(9)8(11)12(13)14/h2-4H,1H3. The molecule has 14 heavy (non-hydrogen) atoms. The van der Waals surface area contributed by atoms with Gasteiger partial charge in [-0.15, -0.1) is 0 Å². The van der Waals surface area contributed by atoms with Crippen LogP contribution in [0.25, 0.3) is 5.65 Å². The van der Waals surface area contributed by atoms with Crippen molar-refractivity contribution < 1.29 is 4.92 Å². The molecule has 0 unspecified atom stereocenters. The summed E-state index contributed by atoms with van der Waals surface area (Å²) >= 11 is 5.64. The highest BCUT2D eigenvalue weighted by atomic mass is 35.5. The van der Waals surface area contributed by atoms with Gasteiger partial charge in [-0.05, 0) is 23.5 Å². The van der Waals surface area contributed by atoms with Crippen molar-refractivity contribution in [3.05, 3.63) is 39.2 Å². The number of hydrogen-bond donors (Lipinski definition) is 0. The molecule has 0 spiro atoms. The molecule has 2 rings (SSSR count). The molecular weight excluding hydrogens is 206 g/mol. The van der Waals surface area contributed by atoms with Crippen molar-refractivity contribution in [1.82, 2.24) is 9.38 Å². The van der Waals surface area contributed by atoms with Crippen LogP contribution < -0.4 is 0 Å². The van der Waals surface area contributed by atoms with Crippen LogP contribution in [0.4, 0.5) is 5.82 Å². The first-order valence-corrected chi connectivity index (χ1v) is 4.26. The lowest BCUT2D eigenvalue weighted by molar-refractivity contribution is -0.390. The van der Waals surface area contributed by atoms with Gasteiger partial charge in [0.05, 0.1) is 6.20 Å². The Morgan fingerprint density at radius 1 is 1.64 bits per heavy atom. The van der Waals surface area contributed by atoms with Crippen molar-refractivity contribution in [1.29, 1.82) is 0 Å². The molecule has 0 bridgehead atoms. The molecule has 0 aliphatic heterocycles. The average Bonchev–Trinajstić information content (AvgIpc) is 2.39. The number of pyridine rings is 1. The van der Waals surface area contributed by atoms with Gasteiger partial charge in [0.1, 0.15) is 0 Å². The van der Waals surface area contributed by atoms with E-state index in [-0.39, 0.29) is 11.0 Å². The molecule has 0 saturated carbocycles. The second kappa shape index (κ2) is 2.95. The Bertz CT molecular complexity index is 521. The van der Waals surface area contributed by atoms with E-state index < -0.39 is 4.92 Å². The van der Waals surface area contributed by atoms with Crippen LogP contribution in [0.2, 0.25) is 5.15 Å². The summed E-state index contributed by atoms with van der Waals surface area (Å²) in [6.07, 6.45) is 1.58. The fraction of sp³-hybridized carbons (Fsp3) is 0.125. The maximum Gasteiger partial charge on any atom is 0.367 e. The fourth-order valence-electron chi connectivity index (χ4n) is 1.27. The Balaban J connectivity index is 2.84. The zero-order valence-electron chi connectivity index (χ0n) is 7.27. The fourth-order valence-corrected chi connectivity index (χ4v) is 1.51. The number of rotatable bonds is 1. The van der Waals surface area contributed by atoms with Gasteiger partial charge < -0.3 is 10.1 Å². The van der Waals surface area contributed by atoms with Gasteiger partial charge in [-0.1, -0.05) is 11.6 Å². The molecule has 2 heterocycles. The molecule has 0 amide bonds. The first kappa shape index (κ1) is 8.96. The minimum Gasteiger partial charge on any atom is -0.358 e. The highest BCUT2D eigenvalue weighted by molar-refractivity contribution is 6.31. The lowest BCUT2D eigenvalue weighted by Gasteiger charge is -1.93. The lowest BCUT2D eigenvalue weighted by atomic mass is 10.3. The Morgan fingerprint density at radius 3 is 3.00 bits per heavy atom. The van der Waals surface area contributed by atoms with Crippen LogP contribution in [-0.4, -0.2) is 14.3 Å². The van der Waals surface area contributed by atoms with E-state index in [1.807, 2.05) is 6.92 Å². The van der Waals surface area contributed by atoms with E-state index in [1.165, 1.54) is 4.40 Å². The predicted molar refractivity (Wildman–Crippen MR) is 51.6 cm³/mol. The second-order valence-electron chi connectivity index (χ2n) is 2.92. The number of hydrogen-bond acceptors (Lipinski definition) is 3. The molecule has 0 aromatic carbocycles. The van der Waals surface area contributed by atoms with Gasteiger partial charge >= 0.3 is 5.82 Å². The Labute approximate surface area is 84.1 Å². The van der Waals surface area contributed by atoms with Crippen molar-refractivity contribution in [3.8, 4) is 0 Å². The molecule has 5 nitrogen and oxygen atoms in total. The van der Waals surface area contributed by atoms with Gasteiger partial charge in [0.2, 0.25) is 10.8 Å². The van der Waals surface area contributed by atoms with Crippen LogP contribution >= 0.6 is 11.6 Å². The molecule has 0 saturated heterocycles. The number of imidazole rings is 1. The van der Waals surface area contributed by atoms with Gasteiger partial charge in [0, 0.05) is 6.07 Å². The number of fused-ring (bicyclic) bond motifs is 1.